The lowest BCUT2D eigenvalue weighted by Gasteiger charge is -2.40. The summed E-state index contributed by atoms with van der Waals surface area (Å²) in [6.45, 7) is 4.25. The first-order valence-corrected chi connectivity index (χ1v) is 30.4. The zero-order chi connectivity index (χ0) is 53.1. The molecule has 73 heavy (non-hydrogen) atoms. The van der Waals surface area contributed by atoms with Gasteiger partial charge in [-0.3, -0.25) is 9.59 Å². The summed E-state index contributed by atoms with van der Waals surface area (Å²) in [5, 5.41) is 54.1. The van der Waals surface area contributed by atoms with Crippen molar-refractivity contribution >= 4 is 11.9 Å². The summed E-state index contributed by atoms with van der Waals surface area (Å²) >= 11 is 0. The molecule has 1 saturated heterocycles. The second kappa shape index (κ2) is 51.7. The minimum absolute atomic E-state index is 0.0170. The molecule has 1 heterocycles. The Morgan fingerprint density at radius 1 is 0.493 bits per heavy atom. The third-order valence-corrected chi connectivity index (χ3v) is 14.1. The lowest BCUT2D eigenvalue weighted by Crippen LogP contribution is -2.60. The molecule has 1 aliphatic rings. The number of rotatable bonds is 52. The lowest BCUT2D eigenvalue weighted by atomic mass is 9.99. The average Bonchev–Trinajstić information content (AvgIpc) is 3.39. The van der Waals surface area contributed by atoms with Gasteiger partial charge < -0.3 is 45.1 Å². The fourth-order valence-corrected chi connectivity index (χ4v) is 9.26. The highest BCUT2D eigenvalue weighted by molar-refractivity contribution is 5.76. The fraction of sp³-hybridized carbons (Fsp3) is 0.839. The molecule has 0 bridgehead atoms. The van der Waals surface area contributed by atoms with Crippen LogP contribution in [0.1, 0.15) is 271 Å². The lowest BCUT2D eigenvalue weighted by molar-refractivity contribution is -0.302. The molecule has 6 N–H and O–H groups in total. The standard InChI is InChI=1S/C62H113NO10/c1-3-5-7-9-11-13-14-15-16-17-21-24-27-30-34-38-42-46-50-58(67)71-51-47-43-39-35-31-28-25-22-19-18-20-23-26-29-33-37-41-45-49-57(66)63-54(55(65)48-44-40-36-32-12-10-8-6-4-2)53-72-62-61(70)60(69)59(68)56(52-64)73-62/h12,16-17,20,23,32,44,48,54-56,59-62,64-65,68-70H,3-11,13-15,18-19,21-22,24-31,33-43,45-47,49-53H2,1-2H3,(H,63,66)/b17-16-,23-20-,32-12+,48-44+. The van der Waals surface area contributed by atoms with Crippen LogP contribution in [-0.4, -0.2) is 100 Å². The molecule has 1 rings (SSSR count). The fourth-order valence-electron chi connectivity index (χ4n) is 9.26. The number of aliphatic hydroxyl groups excluding tert-OH is 5. The van der Waals surface area contributed by atoms with Crippen LogP contribution in [0.2, 0.25) is 0 Å². The van der Waals surface area contributed by atoms with Gasteiger partial charge in [0.15, 0.2) is 6.29 Å². The molecular formula is C62H113NO10. The van der Waals surface area contributed by atoms with E-state index in [0.29, 0.717) is 19.4 Å². The monoisotopic (exact) mass is 1030 g/mol. The molecule has 0 spiro atoms. The van der Waals surface area contributed by atoms with Crippen molar-refractivity contribution in [3.63, 3.8) is 0 Å². The number of nitrogens with one attached hydrogen (secondary N) is 1. The number of hydrogen-bond acceptors (Lipinski definition) is 10. The first kappa shape index (κ1) is 68.6. The van der Waals surface area contributed by atoms with Crippen LogP contribution >= 0.6 is 0 Å². The van der Waals surface area contributed by atoms with Gasteiger partial charge in [0.25, 0.3) is 0 Å². The predicted molar refractivity (Wildman–Crippen MR) is 301 cm³/mol. The maximum atomic E-state index is 13.0. The van der Waals surface area contributed by atoms with Gasteiger partial charge in [0.2, 0.25) is 5.91 Å². The summed E-state index contributed by atoms with van der Waals surface area (Å²) in [4.78, 5) is 25.1. The molecule has 7 unspecified atom stereocenters. The van der Waals surface area contributed by atoms with Crippen molar-refractivity contribution in [3.8, 4) is 0 Å². The predicted octanol–water partition coefficient (Wildman–Crippen LogP) is 14.1. The average molecular weight is 1030 g/mol. The van der Waals surface area contributed by atoms with Crippen LogP contribution in [0.3, 0.4) is 0 Å². The minimum Gasteiger partial charge on any atom is -0.466 e. The Balaban J connectivity index is 2.02. The van der Waals surface area contributed by atoms with Crippen molar-refractivity contribution in [3.05, 3.63) is 48.6 Å². The maximum Gasteiger partial charge on any atom is 0.305 e. The van der Waals surface area contributed by atoms with Crippen molar-refractivity contribution in [2.45, 2.75) is 314 Å². The SMILES string of the molecule is CCCCC/C=C/CC/C=C/C(O)C(COC1OC(CO)C(O)C(O)C1O)NC(=O)CCCCCCC/C=C\CCCCCCCCCCCOC(=O)CCCCCCCCC/C=C\CCCCCCCCC. The van der Waals surface area contributed by atoms with E-state index in [0.717, 1.165) is 89.9 Å². The number of carbonyl (C=O) groups is 2. The van der Waals surface area contributed by atoms with E-state index < -0.39 is 49.5 Å². The Kier molecular flexibility index (Phi) is 48.6. The van der Waals surface area contributed by atoms with Crippen molar-refractivity contribution in [1.29, 1.82) is 0 Å². The highest BCUT2D eigenvalue weighted by Gasteiger charge is 2.44. The molecule has 1 amide bonds. The van der Waals surface area contributed by atoms with Gasteiger partial charge in [-0.25, -0.2) is 0 Å². The van der Waals surface area contributed by atoms with Crippen LogP contribution < -0.4 is 5.32 Å². The number of carbonyl (C=O) groups excluding carboxylic acids is 2. The zero-order valence-electron chi connectivity index (χ0n) is 46.8. The van der Waals surface area contributed by atoms with Crippen LogP contribution in [0, 0.1) is 0 Å². The van der Waals surface area contributed by atoms with E-state index in [1.807, 2.05) is 6.08 Å². The zero-order valence-corrected chi connectivity index (χ0v) is 46.8. The summed E-state index contributed by atoms with van der Waals surface area (Å²) in [5.41, 5.74) is 0. The molecule has 7 atom stereocenters. The topological polar surface area (TPSA) is 175 Å². The van der Waals surface area contributed by atoms with E-state index in [4.69, 9.17) is 14.2 Å². The molecular weight excluding hydrogens is 919 g/mol. The molecule has 0 aromatic heterocycles. The number of ether oxygens (including phenoxy) is 3. The number of unbranched alkanes of at least 4 members (excludes halogenated alkanes) is 32. The third-order valence-electron chi connectivity index (χ3n) is 14.1. The molecule has 0 aromatic rings. The third kappa shape index (κ3) is 41.5. The molecule has 11 heteroatoms. The van der Waals surface area contributed by atoms with E-state index >= 15 is 0 Å². The van der Waals surface area contributed by atoms with Crippen molar-refractivity contribution in [2.75, 3.05) is 19.8 Å². The quantitative estimate of drug-likeness (QED) is 0.0195. The summed E-state index contributed by atoms with van der Waals surface area (Å²) in [6.07, 6.45) is 55.1. The van der Waals surface area contributed by atoms with Crippen molar-refractivity contribution in [1.82, 2.24) is 5.32 Å². The van der Waals surface area contributed by atoms with E-state index in [2.05, 4.69) is 55.6 Å². The maximum absolute atomic E-state index is 13.0. The number of amides is 1. The van der Waals surface area contributed by atoms with Crippen LogP contribution in [0.5, 0.6) is 0 Å². The molecule has 1 fully saturated rings. The van der Waals surface area contributed by atoms with Gasteiger partial charge in [0.05, 0.1) is 32.0 Å². The largest absolute Gasteiger partial charge is 0.466 e. The van der Waals surface area contributed by atoms with E-state index in [1.54, 1.807) is 6.08 Å². The highest BCUT2D eigenvalue weighted by atomic mass is 16.7. The summed E-state index contributed by atoms with van der Waals surface area (Å²) in [6, 6.07) is -0.837. The Labute approximate surface area is 446 Å². The van der Waals surface area contributed by atoms with E-state index in [-0.39, 0.29) is 18.5 Å². The van der Waals surface area contributed by atoms with Crippen LogP contribution in [0.4, 0.5) is 0 Å². The Morgan fingerprint density at radius 2 is 0.890 bits per heavy atom. The van der Waals surface area contributed by atoms with Gasteiger partial charge in [-0.1, -0.05) is 210 Å². The summed E-state index contributed by atoms with van der Waals surface area (Å²) < 4.78 is 16.7. The van der Waals surface area contributed by atoms with Gasteiger partial charge in [-0.15, -0.1) is 0 Å². The summed E-state index contributed by atoms with van der Waals surface area (Å²) in [7, 11) is 0. The van der Waals surface area contributed by atoms with Gasteiger partial charge in [0.1, 0.15) is 24.4 Å². The minimum atomic E-state index is -1.58. The van der Waals surface area contributed by atoms with E-state index in [1.165, 1.54) is 154 Å². The molecule has 0 aromatic carbocycles. The molecule has 0 saturated carbocycles. The normalized spacial score (nSPS) is 19.2. The Bertz CT molecular complexity index is 1350. The van der Waals surface area contributed by atoms with Gasteiger partial charge in [-0.05, 0) is 96.3 Å². The van der Waals surface area contributed by atoms with Crippen molar-refractivity contribution < 1.29 is 49.3 Å². The number of allylic oxidation sites excluding steroid dienone is 7. The molecule has 0 radical (unpaired) electrons. The Morgan fingerprint density at radius 3 is 1.38 bits per heavy atom. The van der Waals surface area contributed by atoms with Crippen LogP contribution in [0.15, 0.2) is 48.6 Å². The molecule has 11 nitrogen and oxygen atoms in total. The number of aliphatic hydroxyl groups is 5. The molecule has 1 aliphatic heterocycles. The van der Waals surface area contributed by atoms with Crippen LogP contribution in [0.25, 0.3) is 0 Å². The second-order valence-electron chi connectivity index (χ2n) is 21.0. The smallest absolute Gasteiger partial charge is 0.305 e. The first-order valence-electron chi connectivity index (χ1n) is 30.4. The van der Waals surface area contributed by atoms with Crippen molar-refractivity contribution in [2.24, 2.45) is 0 Å². The van der Waals surface area contributed by atoms with Gasteiger partial charge in [-0.2, -0.15) is 0 Å². The summed E-state index contributed by atoms with van der Waals surface area (Å²) in [5.74, 6) is -0.227. The molecule has 426 valence electrons. The Hall–Kier alpha value is -2.38. The first-order chi connectivity index (χ1) is 35.7. The molecule has 0 aliphatic carbocycles. The van der Waals surface area contributed by atoms with Gasteiger partial charge >= 0.3 is 5.97 Å². The number of hydrogen-bond donors (Lipinski definition) is 6. The second-order valence-corrected chi connectivity index (χ2v) is 21.0. The number of esters is 1. The van der Waals surface area contributed by atoms with Crippen LogP contribution in [-0.2, 0) is 23.8 Å². The van der Waals surface area contributed by atoms with E-state index in [9.17, 15) is 35.1 Å². The van der Waals surface area contributed by atoms with Gasteiger partial charge in [0, 0.05) is 12.8 Å². The highest BCUT2D eigenvalue weighted by Crippen LogP contribution is 2.23.